The minimum atomic E-state index is -0.719. The number of halogens is 1. The summed E-state index contributed by atoms with van der Waals surface area (Å²) in [6, 6.07) is 19.6. The number of hydrogen-bond acceptors (Lipinski definition) is 8. The Morgan fingerprint density at radius 1 is 0.795 bits per heavy atom. The lowest BCUT2D eigenvalue weighted by Gasteiger charge is -2.38. The van der Waals surface area contributed by atoms with E-state index in [4.69, 9.17) is 18.9 Å². The monoisotopic (exact) mass is 620 g/mol. The van der Waals surface area contributed by atoms with Crippen LogP contribution in [0.5, 0.6) is 11.5 Å². The van der Waals surface area contributed by atoms with E-state index in [1.165, 1.54) is 12.7 Å². The van der Waals surface area contributed by atoms with Gasteiger partial charge >= 0.3 is 11.9 Å². The molecule has 1 aromatic heterocycles. The van der Waals surface area contributed by atoms with Crippen molar-refractivity contribution in [1.82, 2.24) is 9.88 Å². The molecule has 0 saturated carbocycles. The van der Waals surface area contributed by atoms with Gasteiger partial charge in [0, 0.05) is 30.3 Å². The first kappa shape index (κ1) is 34.2. The molecule has 44 heavy (non-hydrogen) atoms. The maximum absolute atomic E-state index is 13.9. The third-order valence-corrected chi connectivity index (χ3v) is 7.79. The lowest BCUT2D eigenvalue weighted by atomic mass is 9.79. The van der Waals surface area contributed by atoms with Gasteiger partial charge in [0.25, 0.3) is 0 Å². The summed E-state index contributed by atoms with van der Waals surface area (Å²) in [4.78, 5) is 33.6. The number of benzene rings is 2. The zero-order valence-corrected chi connectivity index (χ0v) is 26.8. The van der Waals surface area contributed by atoms with E-state index in [0.29, 0.717) is 41.2 Å². The van der Waals surface area contributed by atoms with Crippen molar-refractivity contribution < 1.29 is 28.5 Å². The van der Waals surface area contributed by atoms with Gasteiger partial charge in [0.1, 0.15) is 0 Å². The van der Waals surface area contributed by atoms with Crippen LogP contribution in [0.2, 0.25) is 0 Å². The molecule has 1 atom stereocenters. The number of pyridine rings is 1. The number of aryl methyl sites for hydroxylation is 2. The molecule has 0 fully saturated rings. The summed E-state index contributed by atoms with van der Waals surface area (Å²) < 4.78 is 22.2. The molecule has 234 valence electrons. The van der Waals surface area contributed by atoms with Crippen molar-refractivity contribution in [1.29, 1.82) is 0 Å². The van der Waals surface area contributed by atoms with Crippen LogP contribution in [0.4, 0.5) is 0 Å². The molecular weight excluding hydrogens is 580 g/mol. The second-order valence-electron chi connectivity index (χ2n) is 10.4. The average Bonchev–Trinajstić information content (AvgIpc) is 3.04. The van der Waals surface area contributed by atoms with Crippen molar-refractivity contribution >= 4 is 24.3 Å². The van der Waals surface area contributed by atoms with Crippen LogP contribution in [0.3, 0.4) is 0 Å². The quantitative estimate of drug-likeness (QED) is 0.159. The van der Waals surface area contributed by atoms with Crippen molar-refractivity contribution in [3.8, 4) is 11.5 Å². The van der Waals surface area contributed by atoms with Crippen molar-refractivity contribution in [3.63, 3.8) is 0 Å². The molecule has 2 aromatic carbocycles. The van der Waals surface area contributed by atoms with Crippen molar-refractivity contribution in [2.45, 2.75) is 45.4 Å². The minimum absolute atomic E-state index is 0. The highest BCUT2D eigenvalue weighted by atomic mass is 35.5. The fourth-order valence-corrected chi connectivity index (χ4v) is 5.60. The fourth-order valence-electron chi connectivity index (χ4n) is 5.60. The first-order chi connectivity index (χ1) is 20.9. The molecule has 0 spiro atoms. The number of allylic oxidation sites excluding steroid dienone is 2. The van der Waals surface area contributed by atoms with E-state index >= 15 is 0 Å². The molecule has 1 aliphatic heterocycles. The average molecular weight is 621 g/mol. The third-order valence-electron chi connectivity index (χ3n) is 7.79. The van der Waals surface area contributed by atoms with Gasteiger partial charge in [0.2, 0.25) is 0 Å². The highest BCUT2D eigenvalue weighted by molar-refractivity contribution is 6.00. The molecule has 4 rings (SSSR count). The number of carbonyl (C=O) groups is 2. The topological polar surface area (TPSA) is 87.2 Å². The Morgan fingerprint density at radius 3 is 2.09 bits per heavy atom. The second-order valence-corrected chi connectivity index (χ2v) is 10.4. The largest absolute Gasteiger partial charge is 0.493 e. The third kappa shape index (κ3) is 7.99. The van der Waals surface area contributed by atoms with Crippen LogP contribution < -0.4 is 9.47 Å². The van der Waals surface area contributed by atoms with Gasteiger partial charge in [0.15, 0.2) is 11.5 Å². The first-order valence-corrected chi connectivity index (χ1v) is 14.5. The number of methoxy groups -OCH3 is 3. The SMILES string of the molecule is COC(=O)C1=C(C)N(CCCc2ccccc2)C(C)=C(C(=O)OCCCc2cccnc2)C1c1ccc(OC)c(OC)c1.Cl. The predicted molar refractivity (Wildman–Crippen MR) is 172 cm³/mol. The number of aromatic nitrogens is 1. The molecular formula is C35H41ClN2O6. The van der Waals surface area contributed by atoms with E-state index in [2.05, 4.69) is 17.1 Å². The predicted octanol–water partition coefficient (Wildman–Crippen LogP) is 6.45. The van der Waals surface area contributed by atoms with Crippen LogP contribution in [-0.4, -0.2) is 56.3 Å². The molecule has 0 saturated heterocycles. The summed E-state index contributed by atoms with van der Waals surface area (Å²) in [5.74, 6) is -0.646. The smallest absolute Gasteiger partial charge is 0.336 e. The summed E-state index contributed by atoms with van der Waals surface area (Å²) >= 11 is 0. The Hall–Kier alpha value is -4.30. The number of hydrogen-bond donors (Lipinski definition) is 0. The lowest BCUT2D eigenvalue weighted by Crippen LogP contribution is -2.36. The van der Waals surface area contributed by atoms with Crippen molar-refractivity contribution in [3.05, 3.63) is 112 Å². The molecule has 0 aliphatic carbocycles. The van der Waals surface area contributed by atoms with Gasteiger partial charge in [0.05, 0.1) is 45.0 Å². The van der Waals surface area contributed by atoms with Crippen LogP contribution >= 0.6 is 12.4 Å². The maximum Gasteiger partial charge on any atom is 0.336 e. The normalized spacial score (nSPS) is 14.6. The highest BCUT2D eigenvalue weighted by Crippen LogP contribution is 2.44. The van der Waals surface area contributed by atoms with Gasteiger partial charge in [-0.05, 0) is 74.4 Å². The maximum atomic E-state index is 13.9. The number of nitrogens with zero attached hydrogens (tertiary/aromatic N) is 2. The van der Waals surface area contributed by atoms with Crippen LogP contribution in [0.1, 0.15) is 49.3 Å². The van der Waals surface area contributed by atoms with E-state index in [-0.39, 0.29) is 19.0 Å². The molecule has 0 N–H and O–H groups in total. The van der Waals surface area contributed by atoms with E-state index in [1.807, 2.05) is 61.3 Å². The zero-order chi connectivity index (χ0) is 30.8. The van der Waals surface area contributed by atoms with Crippen molar-refractivity contribution in [2.24, 2.45) is 0 Å². The number of carbonyl (C=O) groups excluding carboxylic acids is 2. The standard InChI is InChI=1S/C35H40N2O6.ClH/c1-24-31(34(38)42-5)33(28-17-18-29(40-3)30(22-28)41-4)32(35(39)43-21-11-16-27-14-9-19-36-23-27)25(2)37(24)20-10-15-26-12-7-6-8-13-26;/h6-9,12-14,17-19,22-23,33H,10-11,15-16,20-21H2,1-5H3;1H. The fraction of sp³-hybridized carbons (Fsp3) is 0.343. The number of rotatable bonds is 13. The van der Waals surface area contributed by atoms with Gasteiger partial charge in [-0.25, -0.2) is 9.59 Å². The van der Waals surface area contributed by atoms with Crippen molar-refractivity contribution in [2.75, 3.05) is 34.5 Å². The summed E-state index contributed by atoms with van der Waals surface area (Å²) in [5.41, 5.74) is 5.28. The van der Waals surface area contributed by atoms with Crippen LogP contribution in [0.15, 0.2) is 95.6 Å². The molecule has 2 heterocycles. The summed E-state index contributed by atoms with van der Waals surface area (Å²) in [5, 5.41) is 0. The van der Waals surface area contributed by atoms with Gasteiger partial charge in [-0.2, -0.15) is 0 Å². The lowest BCUT2D eigenvalue weighted by molar-refractivity contribution is -0.139. The molecule has 0 amide bonds. The highest BCUT2D eigenvalue weighted by Gasteiger charge is 2.40. The van der Waals surface area contributed by atoms with Gasteiger partial charge in [-0.3, -0.25) is 4.98 Å². The van der Waals surface area contributed by atoms with Crippen LogP contribution in [0, 0.1) is 0 Å². The van der Waals surface area contributed by atoms with Gasteiger partial charge in [-0.15, -0.1) is 12.4 Å². The Morgan fingerprint density at radius 2 is 1.45 bits per heavy atom. The number of esters is 2. The second kappa shape index (κ2) is 16.5. The van der Waals surface area contributed by atoms with Gasteiger partial charge < -0.3 is 23.8 Å². The van der Waals surface area contributed by atoms with Crippen LogP contribution in [-0.2, 0) is 31.9 Å². The first-order valence-electron chi connectivity index (χ1n) is 14.5. The molecule has 9 heteroatoms. The summed E-state index contributed by atoms with van der Waals surface area (Å²) in [6.07, 6.45) is 6.60. The molecule has 0 radical (unpaired) electrons. The Bertz CT molecular complexity index is 1470. The molecule has 0 bridgehead atoms. The minimum Gasteiger partial charge on any atom is -0.493 e. The van der Waals surface area contributed by atoms with E-state index in [0.717, 1.165) is 36.2 Å². The number of ether oxygens (including phenoxy) is 4. The molecule has 1 unspecified atom stereocenters. The van der Waals surface area contributed by atoms with E-state index < -0.39 is 17.9 Å². The summed E-state index contributed by atoms with van der Waals surface area (Å²) in [7, 11) is 4.47. The summed E-state index contributed by atoms with van der Waals surface area (Å²) in [6.45, 7) is 4.67. The molecule has 3 aromatic rings. The molecule has 1 aliphatic rings. The van der Waals surface area contributed by atoms with Crippen LogP contribution in [0.25, 0.3) is 0 Å². The Balaban J connectivity index is 0.00000529. The molecule has 8 nitrogen and oxygen atoms in total. The Labute approximate surface area is 266 Å². The zero-order valence-electron chi connectivity index (χ0n) is 26.0. The Kier molecular flexibility index (Phi) is 12.8. The van der Waals surface area contributed by atoms with Gasteiger partial charge in [-0.1, -0.05) is 42.5 Å². The van der Waals surface area contributed by atoms with E-state index in [9.17, 15) is 9.59 Å². The van der Waals surface area contributed by atoms with E-state index in [1.54, 1.807) is 32.5 Å².